The first kappa shape index (κ1) is 17.5. The quantitative estimate of drug-likeness (QED) is 0.614. The number of hydrogen-bond acceptors (Lipinski definition) is 4. The Morgan fingerprint density at radius 1 is 1.28 bits per heavy atom. The molecule has 0 bridgehead atoms. The van der Waals surface area contributed by atoms with Crippen molar-refractivity contribution < 1.29 is 19.1 Å². The van der Waals surface area contributed by atoms with Crippen LogP contribution in [0.4, 0.5) is 10.5 Å². The SMILES string of the molecule is C/C=C/[C@]12[C@H](C(=O)OC(C)(C)C)[C@H]1c1ccccc1N2C(=O)OCC. The van der Waals surface area contributed by atoms with Gasteiger partial charge in [0, 0.05) is 5.92 Å². The minimum Gasteiger partial charge on any atom is -0.460 e. The number of allylic oxidation sites excluding steroid dienone is 1. The molecule has 3 atom stereocenters. The number of amides is 1. The third-order valence-corrected chi connectivity index (χ3v) is 4.67. The lowest BCUT2D eigenvalue weighted by Crippen LogP contribution is -2.43. The van der Waals surface area contributed by atoms with Crippen molar-refractivity contribution in [1.82, 2.24) is 0 Å². The van der Waals surface area contributed by atoms with Gasteiger partial charge < -0.3 is 9.47 Å². The molecule has 1 aliphatic carbocycles. The molecule has 3 rings (SSSR count). The number of esters is 1. The summed E-state index contributed by atoms with van der Waals surface area (Å²) < 4.78 is 10.9. The minimum atomic E-state index is -0.729. The van der Waals surface area contributed by atoms with Crippen molar-refractivity contribution in [2.45, 2.75) is 51.7 Å². The second-order valence-corrected chi connectivity index (χ2v) is 7.47. The molecular weight excluding hydrogens is 318 g/mol. The molecule has 0 N–H and O–H groups in total. The molecule has 1 fully saturated rings. The summed E-state index contributed by atoms with van der Waals surface area (Å²) in [5.74, 6) is -0.791. The summed E-state index contributed by atoms with van der Waals surface area (Å²) in [4.78, 5) is 27.1. The Labute approximate surface area is 148 Å². The molecular formula is C20H25NO4. The molecule has 2 aliphatic rings. The van der Waals surface area contributed by atoms with E-state index in [0.717, 1.165) is 11.3 Å². The van der Waals surface area contributed by atoms with Gasteiger partial charge in [0.25, 0.3) is 0 Å². The molecule has 1 heterocycles. The average molecular weight is 343 g/mol. The maximum atomic E-state index is 12.8. The van der Waals surface area contributed by atoms with E-state index in [4.69, 9.17) is 9.47 Å². The minimum absolute atomic E-state index is 0.0980. The van der Waals surface area contributed by atoms with Gasteiger partial charge in [0.2, 0.25) is 0 Å². The van der Waals surface area contributed by atoms with Gasteiger partial charge in [-0.05, 0) is 46.2 Å². The predicted molar refractivity (Wildman–Crippen MR) is 95.6 cm³/mol. The number of para-hydroxylation sites is 1. The highest BCUT2D eigenvalue weighted by molar-refractivity contribution is 6.01. The third kappa shape index (κ3) is 2.62. The summed E-state index contributed by atoms with van der Waals surface area (Å²) >= 11 is 0. The Morgan fingerprint density at radius 3 is 2.56 bits per heavy atom. The van der Waals surface area contributed by atoms with Crippen molar-refractivity contribution in [2.24, 2.45) is 5.92 Å². The number of carbonyl (C=O) groups excluding carboxylic acids is 2. The Kier molecular flexibility index (Phi) is 4.13. The zero-order valence-electron chi connectivity index (χ0n) is 15.4. The van der Waals surface area contributed by atoms with Gasteiger partial charge in [0.15, 0.2) is 0 Å². The maximum Gasteiger partial charge on any atom is 0.415 e. The molecule has 1 aliphatic heterocycles. The fourth-order valence-electron chi connectivity index (χ4n) is 3.95. The molecule has 5 heteroatoms. The smallest absolute Gasteiger partial charge is 0.415 e. The first-order valence-electron chi connectivity index (χ1n) is 8.70. The summed E-state index contributed by atoms with van der Waals surface area (Å²) in [5.41, 5.74) is 0.500. The van der Waals surface area contributed by atoms with Crippen LogP contribution in [0.15, 0.2) is 36.4 Å². The van der Waals surface area contributed by atoms with E-state index in [2.05, 4.69) is 0 Å². The van der Waals surface area contributed by atoms with Crippen LogP contribution in [0.3, 0.4) is 0 Å². The van der Waals surface area contributed by atoms with Crippen molar-refractivity contribution in [2.75, 3.05) is 11.5 Å². The van der Waals surface area contributed by atoms with Gasteiger partial charge in [0.1, 0.15) is 5.60 Å². The predicted octanol–water partition coefficient (Wildman–Crippen LogP) is 4.03. The van der Waals surface area contributed by atoms with E-state index in [0.29, 0.717) is 0 Å². The van der Waals surface area contributed by atoms with Gasteiger partial charge in [-0.2, -0.15) is 0 Å². The molecule has 0 saturated heterocycles. The zero-order chi connectivity index (χ0) is 18.4. The van der Waals surface area contributed by atoms with Crippen molar-refractivity contribution in [3.63, 3.8) is 0 Å². The molecule has 0 spiro atoms. The highest BCUT2D eigenvalue weighted by Gasteiger charge is 2.77. The van der Waals surface area contributed by atoms with E-state index in [1.807, 2.05) is 64.1 Å². The number of anilines is 1. The van der Waals surface area contributed by atoms with Crippen molar-refractivity contribution in [3.05, 3.63) is 42.0 Å². The fraction of sp³-hybridized carbons (Fsp3) is 0.500. The number of benzene rings is 1. The number of nitrogens with zero attached hydrogens (tertiary/aromatic N) is 1. The van der Waals surface area contributed by atoms with Gasteiger partial charge in [-0.25, -0.2) is 4.79 Å². The zero-order valence-corrected chi connectivity index (χ0v) is 15.4. The summed E-state index contributed by atoms with van der Waals surface area (Å²) in [6.07, 6.45) is 3.39. The molecule has 1 aromatic carbocycles. The Morgan fingerprint density at radius 2 is 1.96 bits per heavy atom. The highest BCUT2D eigenvalue weighted by Crippen LogP contribution is 2.70. The monoisotopic (exact) mass is 343 g/mol. The van der Waals surface area contributed by atoms with Crippen LogP contribution in [0.25, 0.3) is 0 Å². The van der Waals surface area contributed by atoms with Crippen molar-refractivity contribution in [3.8, 4) is 0 Å². The van der Waals surface area contributed by atoms with Gasteiger partial charge in [-0.1, -0.05) is 30.4 Å². The molecule has 25 heavy (non-hydrogen) atoms. The van der Waals surface area contributed by atoms with Crippen LogP contribution in [0.2, 0.25) is 0 Å². The van der Waals surface area contributed by atoms with E-state index in [1.54, 1.807) is 11.8 Å². The first-order chi connectivity index (χ1) is 11.8. The van der Waals surface area contributed by atoms with E-state index in [9.17, 15) is 9.59 Å². The summed E-state index contributed by atoms with van der Waals surface area (Å²) in [6, 6.07) is 7.69. The molecule has 134 valence electrons. The highest BCUT2D eigenvalue weighted by atomic mass is 16.6. The van der Waals surface area contributed by atoms with E-state index < -0.39 is 23.2 Å². The van der Waals surface area contributed by atoms with Gasteiger partial charge >= 0.3 is 12.1 Å². The van der Waals surface area contributed by atoms with Crippen LogP contribution < -0.4 is 4.90 Å². The van der Waals surface area contributed by atoms with Crippen molar-refractivity contribution in [1.29, 1.82) is 0 Å². The summed E-state index contributed by atoms with van der Waals surface area (Å²) in [6.45, 7) is 9.50. The van der Waals surface area contributed by atoms with Crippen LogP contribution in [-0.2, 0) is 14.3 Å². The molecule has 1 saturated carbocycles. The summed E-state index contributed by atoms with van der Waals surface area (Å²) in [7, 11) is 0. The maximum absolute atomic E-state index is 12.8. The lowest BCUT2D eigenvalue weighted by Gasteiger charge is -2.29. The van der Waals surface area contributed by atoms with Crippen LogP contribution in [-0.4, -0.2) is 29.8 Å². The van der Waals surface area contributed by atoms with E-state index in [1.165, 1.54) is 0 Å². The topological polar surface area (TPSA) is 55.8 Å². The lowest BCUT2D eigenvalue weighted by molar-refractivity contribution is -0.157. The molecule has 0 aromatic heterocycles. The Hall–Kier alpha value is -2.30. The van der Waals surface area contributed by atoms with Gasteiger partial charge in [-0.15, -0.1) is 0 Å². The largest absolute Gasteiger partial charge is 0.460 e. The number of ether oxygens (including phenoxy) is 2. The second-order valence-electron chi connectivity index (χ2n) is 7.47. The summed E-state index contributed by atoms with van der Waals surface area (Å²) in [5, 5.41) is 0. The van der Waals surface area contributed by atoms with E-state index in [-0.39, 0.29) is 18.5 Å². The Balaban J connectivity index is 2.06. The van der Waals surface area contributed by atoms with Crippen LogP contribution in [0.5, 0.6) is 0 Å². The lowest BCUT2D eigenvalue weighted by atomic mass is 10.1. The standard InChI is InChI=1S/C20H25NO4/c1-6-12-20-15(16(20)17(22)25-19(3,4)5)13-10-8-9-11-14(13)21(20)18(23)24-7-2/h6,8-12,15-16H,7H2,1-5H3/b12-6+/t15-,16+,20-/m1/s1. The second kappa shape index (κ2) is 5.90. The molecule has 1 aromatic rings. The van der Waals surface area contributed by atoms with Crippen LogP contribution >= 0.6 is 0 Å². The third-order valence-electron chi connectivity index (χ3n) is 4.67. The Bertz CT molecular complexity index is 733. The van der Waals surface area contributed by atoms with Gasteiger partial charge in [0.05, 0.1) is 23.8 Å². The number of hydrogen-bond donors (Lipinski definition) is 0. The first-order valence-corrected chi connectivity index (χ1v) is 8.70. The molecule has 5 nitrogen and oxygen atoms in total. The van der Waals surface area contributed by atoms with Crippen molar-refractivity contribution >= 4 is 17.7 Å². The van der Waals surface area contributed by atoms with E-state index >= 15 is 0 Å². The normalized spacial score (nSPS) is 27.0. The fourth-order valence-corrected chi connectivity index (χ4v) is 3.95. The average Bonchev–Trinajstić information content (AvgIpc) is 3.07. The number of fused-ring (bicyclic) bond motifs is 3. The van der Waals surface area contributed by atoms with Crippen LogP contribution in [0.1, 0.15) is 46.1 Å². The van der Waals surface area contributed by atoms with Crippen LogP contribution in [0, 0.1) is 5.92 Å². The molecule has 0 radical (unpaired) electrons. The number of carbonyl (C=O) groups is 2. The molecule has 1 amide bonds. The number of rotatable bonds is 3. The van der Waals surface area contributed by atoms with Gasteiger partial charge in [-0.3, -0.25) is 9.69 Å². The molecule has 0 unspecified atom stereocenters.